The average molecular weight is 360 g/mol. The zero-order valence-electron chi connectivity index (χ0n) is 15.7. The van der Waals surface area contributed by atoms with Crippen molar-refractivity contribution in [2.24, 2.45) is 0 Å². The van der Waals surface area contributed by atoms with Gasteiger partial charge in [0.2, 0.25) is 0 Å². The molecule has 1 fully saturated rings. The van der Waals surface area contributed by atoms with Gasteiger partial charge in [0, 0.05) is 25.1 Å². The molecule has 0 spiro atoms. The summed E-state index contributed by atoms with van der Waals surface area (Å²) >= 11 is 1.76. The maximum absolute atomic E-state index is 9.85. The van der Waals surface area contributed by atoms with Gasteiger partial charge in [-0.3, -0.25) is 0 Å². The summed E-state index contributed by atoms with van der Waals surface area (Å²) in [6, 6.07) is 2.46. The Balaban J connectivity index is 1.99. The molecule has 0 bridgehead atoms. The van der Waals surface area contributed by atoms with Crippen molar-refractivity contribution in [3.8, 4) is 6.07 Å². The number of nitriles is 1. The van der Waals surface area contributed by atoms with Gasteiger partial charge in [0.1, 0.15) is 16.9 Å². The second kappa shape index (κ2) is 7.97. The van der Waals surface area contributed by atoms with Crippen molar-refractivity contribution in [1.82, 2.24) is 4.98 Å². The molecule has 0 unspecified atom stereocenters. The van der Waals surface area contributed by atoms with E-state index in [1.807, 2.05) is 0 Å². The van der Waals surface area contributed by atoms with Gasteiger partial charge in [0.15, 0.2) is 0 Å². The molecule has 3 heterocycles. The average Bonchev–Trinajstić information content (AvgIpc) is 3.11. The molecule has 0 radical (unpaired) electrons. The summed E-state index contributed by atoms with van der Waals surface area (Å²) < 4.78 is 6.06. The van der Waals surface area contributed by atoms with E-state index in [-0.39, 0.29) is 5.60 Å². The molecule has 25 heavy (non-hydrogen) atoms. The number of rotatable bonds is 6. The van der Waals surface area contributed by atoms with Crippen LogP contribution in [0, 0.1) is 11.3 Å². The maximum atomic E-state index is 9.85. The van der Waals surface area contributed by atoms with Crippen molar-refractivity contribution >= 4 is 17.6 Å². The SMILES string of the molecule is CCCCCSc1nc(N2CCCC2)c2c(c1C#N)CC(C)(C)OC2. The lowest BCUT2D eigenvalue weighted by atomic mass is 9.89. The molecule has 1 aromatic rings. The molecule has 2 aliphatic heterocycles. The number of fused-ring (bicyclic) bond motifs is 1. The van der Waals surface area contributed by atoms with Gasteiger partial charge in [-0.25, -0.2) is 4.98 Å². The Morgan fingerprint density at radius 1 is 1.24 bits per heavy atom. The minimum absolute atomic E-state index is 0.216. The molecular weight excluding hydrogens is 330 g/mol. The van der Waals surface area contributed by atoms with Gasteiger partial charge in [-0.15, -0.1) is 11.8 Å². The molecule has 1 aromatic heterocycles. The predicted molar refractivity (Wildman–Crippen MR) is 103 cm³/mol. The minimum atomic E-state index is -0.216. The Hall–Kier alpha value is -1.25. The van der Waals surface area contributed by atoms with Crippen molar-refractivity contribution < 1.29 is 4.74 Å². The first kappa shape index (κ1) is 18.5. The summed E-state index contributed by atoms with van der Waals surface area (Å²) in [7, 11) is 0. The smallest absolute Gasteiger partial charge is 0.135 e. The van der Waals surface area contributed by atoms with E-state index in [1.165, 1.54) is 37.7 Å². The number of pyridine rings is 1. The highest BCUT2D eigenvalue weighted by atomic mass is 32.2. The fourth-order valence-electron chi connectivity index (χ4n) is 3.66. The highest BCUT2D eigenvalue weighted by molar-refractivity contribution is 7.99. The van der Waals surface area contributed by atoms with Crippen LogP contribution in [-0.2, 0) is 17.8 Å². The van der Waals surface area contributed by atoms with Crippen LogP contribution in [0.5, 0.6) is 0 Å². The first-order valence-corrected chi connectivity index (χ1v) is 10.5. The predicted octanol–water partition coefficient (Wildman–Crippen LogP) is 4.69. The minimum Gasteiger partial charge on any atom is -0.370 e. The number of ether oxygens (including phenoxy) is 1. The Morgan fingerprint density at radius 2 is 2.00 bits per heavy atom. The van der Waals surface area contributed by atoms with Crippen LogP contribution in [0.3, 0.4) is 0 Å². The van der Waals surface area contributed by atoms with E-state index in [4.69, 9.17) is 9.72 Å². The summed E-state index contributed by atoms with van der Waals surface area (Å²) in [6.45, 7) is 9.14. The molecule has 3 rings (SSSR count). The number of aromatic nitrogens is 1. The molecule has 0 saturated carbocycles. The van der Waals surface area contributed by atoms with Gasteiger partial charge in [-0.2, -0.15) is 5.26 Å². The van der Waals surface area contributed by atoms with Crippen LogP contribution in [0.1, 0.15) is 69.6 Å². The van der Waals surface area contributed by atoms with Gasteiger partial charge in [-0.1, -0.05) is 19.8 Å². The zero-order valence-corrected chi connectivity index (χ0v) is 16.5. The Bertz CT molecular complexity index is 660. The van der Waals surface area contributed by atoms with Crippen molar-refractivity contribution in [2.75, 3.05) is 23.7 Å². The van der Waals surface area contributed by atoms with E-state index in [0.717, 1.165) is 47.2 Å². The lowest BCUT2D eigenvalue weighted by Gasteiger charge is -2.35. The second-order valence-corrected chi connectivity index (χ2v) is 8.74. The molecule has 5 heteroatoms. The molecule has 0 aromatic carbocycles. The summed E-state index contributed by atoms with van der Waals surface area (Å²) in [5.74, 6) is 2.10. The number of unbranched alkanes of at least 4 members (excludes halogenated alkanes) is 2. The van der Waals surface area contributed by atoms with Crippen LogP contribution >= 0.6 is 11.8 Å². The monoisotopic (exact) mass is 359 g/mol. The van der Waals surface area contributed by atoms with Crippen molar-refractivity contribution in [3.63, 3.8) is 0 Å². The van der Waals surface area contributed by atoms with E-state index in [1.54, 1.807) is 11.8 Å². The second-order valence-electron chi connectivity index (χ2n) is 7.66. The normalized spacial score (nSPS) is 18.9. The lowest BCUT2D eigenvalue weighted by molar-refractivity contribution is -0.0401. The maximum Gasteiger partial charge on any atom is 0.135 e. The van der Waals surface area contributed by atoms with E-state index in [0.29, 0.717) is 6.61 Å². The van der Waals surface area contributed by atoms with Crippen molar-refractivity contribution in [2.45, 2.75) is 76.5 Å². The highest BCUT2D eigenvalue weighted by Crippen LogP contribution is 2.39. The van der Waals surface area contributed by atoms with E-state index < -0.39 is 0 Å². The largest absolute Gasteiger partial charge is 0.370 e. The van der Waals surface area contributed by atoms with Crippen LogP contribution in [0.15, 0.2) is 5.03 Å². The van der Waals surface area contributed by atoms with E-state index in [2.05, 4.69) is 31.7 Å². The molecule has 0 aliphatic carbocycles. The molecule has 136 valence electrons. The van der Waals surface area contributed by atoms with Crippen molar-refractivity contribution in [3.05, 3.63) is 16.7 Å². The van der Waals surface area contributed by atoms with Crippen LogP contribution in [-0.4, -0.2) is 29.4 Å². The molecule has 1 saturated heterocycles. The van der Waals surface area contributed by atoms with Crippen LogP contribution in [0.4, 0.5) is 5.82 Å². The molecule has 0 atom stereocenters. The standard InChI is InChI=1S/C20H29N3OS/c1-4-5-8-11-25-19-16(13-21)15-12-20(2,3)24-14-17(15)18(22-19)23-9-6-7-10-23/h4-12,14H2,1-3H3. The third-order valence-corrected chi connectivity index (χ3v) is 6.13. The summed E-state index contributed by atoms with van der Waals surface area (Å²) in [5, 5.41) is 10.8. The zero-order chi connectivity index (χ0) is 17.9. The van der Waals surface area contributed by atoms with Crippen LogP contribution < -0.4 is 4.90 Å². The molecule has 4 nitrogen and oxygen atoms in total. The Kier molecular flexibility index (Phi) is 5.91. The topological polar surface area (TPSA) is 49.2 Å². The van der Waals surface area contributed by atoms with Gasteiger partial charge < -0.3 is 9.64 Å². The lowest BCUT2D eigenvalue weighted by Crippen LogP contribution is -2.34. The van der Waals surface area contributed by atoms with E-state index in [9.17, 15) is 5.26 Å². The Labute approximate surface area is 156 Å². The Morgan fingerprint density at radius 3 is 2.68 bits per heavy atom. The fourth-order valence-corrected chi connectivity index (χ4v) is 4.66. The first-order chi connectivity index (χ1) is 12.1. The van der Waals surface area contributed by atoms with Gasteiger partial charge >= 0.3 is 0 Å². The highest BCUT2D eigenvalue weighted by Gasteiger charge is 2.33. The number of hydrogen-bond acceptors (Lipinski definition) is 5. The van der Waals surface area contributed by atoms with Gasteiger partial charge in [-0.05, 0) is 44.4 Å². The number of hydrogen-bond donors (Lipinski definition) is 0. The molecular formula is C20H29N3OS. The third kappa shape index (κ3) is 4.12. The van der Waals surface area contributed by atoms with Crippen LogP contribution in [0.2, 0.25) is 0 Å². The van der Waals surface area contributed by atoms with Gasteiger partial charge in [0.05, 0.1) is 17.8 Å². The number of thioether (sulfide) groups is 1. The van der Waals surface area contributed by atoms with Gasteiger partial charge in [0.25, 0.3) is 0 Å². The molecule has 0 amide bonds. The van der Waals surface area contributed by atoms with Crippen LogP contribution in [0.25, 0.3) is 0 Å². The number of nitrogens with zero attached hydrogens (tertiary/aromatic N) is 3. The fraction of sp³-hybridized carbons (Fsp3) is 0.700. The summed E-state index contributed by atoms with van der Waals surface area (Å²) in [6.07, 6.45) is 6.87. The molecule has 2 aliphatic rings. The number of anilines is 1. The van der Waals surface area contributed by atoms with E-state index >= 15 is 0 Å². The van der Waals surface area contributed by atoms with Crippen molar-refractivity contribution in [1.29, 1.82) is 5.26 Å². The summed E-state index contributed by atoms with van der Waals surface area (Å²) in [5.41, 5.74) is 2.90. The summed E-state index contributed by atoms with van der Waals surface area (Å²) in [4.78, 5) is 7.36. The molecule has 0 N–H and O–H groups in total. The first-order valence-electron chi connectivity index (χ1n) is 9.53. The third-order valence-electron chi connectivity index (χ3n) is 5.07. The quantitative estimate of drug-likeness (QED) is 0.545.